The van der Waals surface area contributed by atoms with E-state index in [0.29, 0.717) is 12.1 Å². The van der Waals surface area contributed by atoms with Crippen LogP contribution < -0.4 is 0 Å². The molecule has 1 aliphatic heterocycles. The van der Waals surface area contributed by atoms with Crippen molar-refractivity contribution in [3.8, 4) is 22.4 Å². The molecule has 35 heavy (non-hydrogen) atoms. The van der Waals surface area contributed by atoms with Crippen molar-refractivity contribution in [3.63, 3.8) is 0 Å². The van der Waals surface area contributed by atoms with Gasteiger partial charge in [0.2, 0.25) is 0 Å². The normalized spacial score (nSPS) is 16.5. The maximum atomic E-state index is 14.3. The van der Waals surface area contributed by atoms with E-state index in [1.807, 2.05) is 61.5 Å². The van der Waals surface area contributed by atoms with Crippen LogP contribution in [0.5, 0.6) is 0 Å². The largest absolute Gasteiger partial charge is 0.339 e. The minimum atomic E-state index is -0.979. The second-order valence-electron chi connectivity index (χ2n) is 9.34. The zero-order chi connectivity index (χ0) is 24.0. The van der Waals surface area contributed by atoms with Crippen LogP contribution in [-0.2, 0) is 16.8 Å². The average Bonchev–Trinajstić information content (AvgIpc) is 3.23. The van der Waals surface area contributed by atoms with Crippen molar-refractivity contribution in [3.05, 3.63) is 120 Å². The number of para-hydroxylation sites is 1. The molecule has 170 valence electrons. The molecule has 1 atom stereocenters. The second-order valence-corrected chi connectivity index (χ2v) is 9.34. The van der Waals surface area contributed by atoms with E-state index < -0.39 is 5.41 Å². The molecular weight excluding hydrogens is 430 g/mol. The van der Waals surface area contributed by atoms with Gasteiger partial charge in [0.05, 0.1) is 11.1 Å². The summed E-state index contributed by atoms with van der Waals surface area (Å²) in [6.07, 6.45) is 1.03. The van der Waals surface area contributed by atoms with Gasteiger partial charge in [-0.2, -0.15) is 0 Å². The zero-order valence-corrected chi connectivity index (χ0v) is 19.6. The van der Waals surface area contributed by atoms with Gasteiger partial charge in [0.25, 0.3) is 0 Å². The van der Waals surface area contributed by atoms with Crippen LogP contribution in [0.25, 0.3) is 33.3 Å². The van der Waals surface area contributed by atoms with E-state index >= 15 is 0 Å². The number of fused-ring (bicyclic) bond motifs is 5. The Bertz CT molecular complexity index is 1600. The Balaban J connectivity index is 1.70. The number of aromatic nitrogens is 1. The molecule has 3 nitrogen and oxygen atoms in total. The smallest absolute Gasteiger partial charge is 0.175 e. The first-order chi connectivity index (χ1) is 17.2. The molecule has 3 heteroatoms. The maximum Gasteiger partial charge on any atom is 0.175 e. The minimum Gasteiger partial charge on any atom is -0.339 e. The summed E-state index contributed by atoms with van der Waals surface area (Å²) in [6, 6.07) is 34.6. The molecule has 5 aromatic rings. The van der Waals surface area contributed by atoms with Gasteiger partial charge in [0, 0.05) is 40.6 Å². The number of aryl methyl sites for hydroxylation is 1. The van der Waals surface area contributed by atoms with Crippen LogP contribution in [0.1, 0.15) is 27.9 Å². The molecule has 0 bridgehead atoms. The third-order valence-electron chi connectivity index (χ3n) is 7.42. The van der Waals surface area contributed by atoms with Crippen molar-refractivity contribution in [1.29, 1.82) is 0 Å². The van der Waals surface area contributed by atoms with Crippen LogP contribution in [0, 0.1) is 6.92 Å². The number of benzene rings is 4. The van der Waals surface area contributed by atoms with Gasteiger partial charge in [0.15, 0.2) is 5.78 Å². The van der Waals surface area contributed by atoms with E-state index in [4.69, 9.17) is 0 Å². The van der Waals surface area contributed by atoms with Crippen LogP contribution in [-0.4, -0.2) is 16.6 Å². The van der Waals surface area contributed by atoms with E-state index in [1.54, 1.807) is 0 Å². The SMILES string of the molecule is Cc1ccccc1C(=O)C1(CC=O)Cn2c(c(-c3ccccc3)c3ccccc32)-c2ccccc21. The highest BCUT2D eigenvalue weighted by Crippen LogP contribution is 2.50. The lowest BCUT2D eigenvalue weighted by molar-refractivity contribution is -0.108. The molecule has 1 aliphatic rings. The lowest BCUT2D eigenvalue weighted by Gasteiger charge is -2.39. The molecule has 4 aromatic carbocycles. The lowest BCUT2D eigenvalue weighted by Crippen LogP contribution is -2.43. The Morgan fingerprint density at radius 1 is 0.857 bits per heavy atom. The molecule has 1 aromatic heterocycles. The molecule has 0 amide bonds. The molecular formula is C32H25NO2. The maximum absolute atomic E-state index is 14.3. The van der Waals surface area contributed by atoms with Crippen molar-refractivity contribution in [1.82, 2.24) is 4.57 Å². The number of hydrogen-bond donors (Lipinski definition) is 0. The summed E-state index contributed by atoms with van der Waals surface area (Å²) >= 11 is 0. The molecule has 0 saturated carbocycles. The number of nitrogens with zero attached hydrogens (tertiary/aromatic N) is 1. The molecule has 0 spiro atoms. The van der Waals surface area contributed by atoms with Gasteiger partial charge in [-0.3, -0.25) is 4.79 Å². The number of Topliss-reactive ketones (excluding diaryl/α,β-unsaturated/α-hetero) is 1. The zero-order valence-electron chi connectivity index (χ0n) is 19.6. The van der Waals surface area contributed by atoms with Crippen LogP contribution >= 0.6 is 0 Å². The van der Waals surface area contributed by atoms with E-state index in [2.05, 4.69) is 53.1 Å². The molecule has 1 unspecified atom stereocenters. The fourth-order valence-electron chi connectivity index (χ4n) is 5.80. The monoisotopic (exact) mass is 455 g/mol. The predicted octanol–water partition coefficient (Wildman–Crippen LogP) is 7.01. The van der Waals surface area contributed by atoms with Crippen LogP contribution in [0.4, 0.5) is 0 Å². The third kappa shape index (κ3) is 3.12. The summed E-state index contributed by atoms with van der Waals surface area (Å²) in [5.41, 5.74) is 7.03. The predicted molar refractivity (Wildman–Crippen MR) is 141 cm³/mol. The lowest BCUT2D eigenvalue weighted by atomic mass is 9.68. The molecule has 0 aliphatic carbocycles. The summed E-state index contributed by atoms with van der Waals surface area (Å²) in [4.78, 5) is 26.5. The van der Waals surface area contributed by atoms with Gasteiger partial charge in [-0.25, -0.2) is 0 Å². The van der Waals surface area contributed by atoms with Crippen LogP contribution in [0.2, 0.25) is 0 Å². The van der Waals surface area contributed by atoms with Crippen molar-refractivity contribution in [2.45, 2.75) is 25.3 Å². The minimum absolute atomic E-state index is 0.000146. The summed E-state index contributed by atoms with van der Waals surface area (Å²) in [6.45, 7) is 2.37. The standard InChI is InChI=1S/C32H25NO2/c1-22-11-5-6-14-24(22)31(35)32(19-20-34)21-33-28-18-10-8-16-26(28)29(23-12-3-2-4-13-23)30(33)25-15-7-9-17-27(25)32/h2-18,20H,19,21H2,1H3. The number of ketones is 1. The van der Waals surface area contributed by atoms with Crippen molar-refractivity contribution >= 4 is 23.0 Å². The number of carbonyl (C=O) groups excluding carboxylic acids is 2. The van der Waals surface area contributed by atoms with Crippen LogP contribution in [0.15, 0.2) is 103 Å². The summed E-state index contributed by atoms with van der Waals surface area (Å²) in [5, 5.41) is 1.15. The Morgan fingerprint density at radius 3 is 2.34 bits per heavy atom. The summed E-state index contributed by atoms with van der Waals surface area (Å²) < 4.78 is 2.26. The molecule has 0 N–H and O–H groups in total. The van der Waals surface area contributed by atoms with Crippen molar-refractivity contribution < 1.29 is 9.59 Å². The molecule has 0 saturated heterocycles. The first-order valence-corrected chi connectivity index (χ1v) is 12.0. The van der Waals surface area contributed by atoms with E-state index in [9.17, 15) is 9.59 Å². The molecule has 0 fully saturated rings. The van der Waals surface area contributed by atoms with Crippen LogP contribution in [0.3, 0.4) is 0 Å². The van der Waals surface area contributed by atoms with Gasteiger partial charge >= 0.3 is 0 Å². The van der Waals surface area contributed by atoms with Gasteiger partial charge in [-0.15, -0.1) is 0 Å². The Kier molecular flexibility index (Phi) is 5.00. The first kappa shape index (κ1) is 21.3. The Labute approximate surface area is 204 Å². The van der Waals surface area contributed by atoms with Crippen molar-refractivity contribution in [2.75, 3.05) is 0 Å². The Hall–Kier alpha value is -4.24. The number of aldehydes is 1. The number of hydrogen-bond acceptors (Lipinski definition) is 2. The molecule has 0 radical (unpaired) electrons. The highest BCUT2D eigenvalue weighted by Gasteiger charge is 2.46. The third-order valence-corrected chi connectivity index (χ3v) is 7.42. The summed E-state index contributed by atoms with van der Waals surface area (Å²) in [5.74, 6) is -0.000146. The van der Waals surface area contributed by atoms with Gasteiger partial charge < -0.3 is 9.36 Å². The highest BCUT2D eigenvalue weighted by molar-refractivity contribution is 6.11. The fourth-order valence-corrected chi connectivity index (χ4v) is 5.80. The number of rotatable bonds is 5. The van der Waals surface area contributed by atoms with Gasteiger partial charge in [-0.05, 0) is 29.7 Å². The van der Waals surface area contributed by atoms with E-state index in [-0.39, 0.29) is 12.2 Å². The summed E-state index contributed by atoms with van der Waals surface area (Å²) in [7, 11) is 0. The number of carbonyl (C=O) groups is 2. The van der Waals surface area contributed by atoms with E-state index in [1.165, 1.54) is 0 Å². The highest BCUT2D eigenvalue weighted by atomic mass is 16.1. The average molecular weight is 456 g/mol. The second kappa shape index (κ2) is 8.21. The van der Waals surface area contributed by atoms with Gasteiger partial charge in [-0.1, -0.05) is 97.1 Å². The topological polar surface area (TPSA) is 39.1 Å². The Morgan fingerprint density at radius 2 is 1.54 bits per heavy atom. The first-order valence-electron chi connectivity index (χ1n) is 12.0. The fraction of sp³-hybridized carbons (Fsp3) is 0.125. The van der Waals surface area contributed by atoms with Gasteiger partial charge in [0.1, 0.15) is 6.29 Å². The van der Waals surface area contributed by atoms with E-state index in [0.717, 1.165) is 50.7 Å². The van der Waals surface area contributed by atoms with Crippen molar-refractivity contribution in [2.24, 2.45) is 0 Å². The quantitative estimate of drug-likeness (QED) is 0.211. The molecule has 2 heterocycles. The molecule has 6 rings (SSSR count).